The average molecular weight is 164 g/mol. The molecule has 0 aliphatic rings. The van der Waals surface area contributed by atoms with Gasteiger partial charge < -0.3 is 0 Å². The lowest BCUT2D eigenvalue weighted by molar-refractivity contribution is -0.428. The van der Waals surface area contributed by atoms with Gasteiger partial charge in [0.15, 0.2) is 7.05 Å². The molecule has 0 aliphatic heterocycles. The van der Waals surface area contributed by atoms with Gasteiger partial charge in [0.1, 0.15) is 0 Å². The lowest BCUT2D eigenvalue weighted by Gasteiger charge is -1.97. The summed E-state index contributed by atoms with van der Waals surface area (Å²) in [5.41, 5.74) is 1.93. The van der Waals surface area contributed by atoms with E-state index in [0.29, 0.717) is 0 Å². The average Bonchev–Trinajstić information content (AvgIpc) is 2.05. The largest absolute Gasteiger partial charge is 0.258 e. The molecule has 2 heteroatoms. The Morgan fingerprint density at radius 1 is 1.33 bits per heavy atom. The minimum Gasteiger partial charge on any atom is -0.0651 e. The van der Waals surface area contributed by atoms with Gasteiger partial charge in [-0.3, -0.25) is 0 Å². The Bertz CT molecular complexity index is 281. The summed E-state index contributed by atoms with van der Waals surface area (Å²) in [5.74, 6) is 0. The second kappa shape index (κ2) is 4.00. The Labute approximate surface area is 72.8 Å². The molecule has 0 radical (unpaired) electrons. The number of para-hydroxylation sites is 1. The van der Waals surface area contributed by atoms with Gasteiger partial charge in [0, 0.05) is 21.3 Å². The fourth-order valence-corrected chi connectivity index (χ4v) is 1.30. The Balaban J connectivity index is 3.00. The fraction of sp³-hybridized carbons (Fsp3) is 0.400. The van der Waals surface area contributed by atoms with E-state index in [0.717, 1.165) is 28.9 Å². The molecule has 2 nitrogen and oxygen atoms in total. The van der Waals surface area contributed by atoms with Gasteiger partial charge in [-0.05, 0) is 6.42 Å². The van der Waals surface area contributed by atoms with Gasteiger partial charge in [-0.2, -0.15) is 0 Å². The van der Waals surface area contributed by atoms with Crippen molar-refractivity contribution in [2.45, 2.75) is 19.8 Å². The van der Waals surface area contributed by atoms with Gasteiger partial charge >= 0.3 is 0 Å². The topological polar surface area (TPSA) is 20.1 Å². The number of benzene rings is 1. The summed E-state index contributed by atoms with van der Waals surface area (Å²) in [7, 11) is 1.54. The molecular formula is C10H14NO+. The number of hydrogen-bond acceptors (Lipinski definition) is 1. The minimum atomic E-state index is 0.791. The third-order valence-electron chi connectivity index (χ3n) is 1.85. The predicted molar refractivity (Wildman–Crippen MR) is 49.6 cm³/mol. The van der Waals surface area contributed by atoms with E-state index in [1.807, 2.05) is 24.3 Å². The van der Waals surface area contributed by atoms with Crippen LogP contribution >= 0.6 is 0 Å². The summed E-state index contributed by atoms with van der Waals surface area (Å²) in [5, 5.41) is 0. The minimum absolute atomic E-state index is 0.791. The highest BCUT2D eigenvalue weighted by Gasteiger charge is 2.11. The van der Waals surface area contributed by atoms with Crippen LogP contribution in [0.4, 0.5) is 5.69 Å². The molecule has 1 rings (SSSR count). The molecule has 0 N–H and O–H groups in total. The maximum atomic E-state index is 11.1. The Morgan fingerprint density at radius 3 is 2.58 bits per heavy atom. The molecule has 0 bridgehead atoms. The van der Waals surface area contributed by atoms with Crippen LogP contribution in [0, 0.1) is 4.91 Å². The summed E-state index contributed by atoms with van der Waals surface area (Å²) in [6, 6.07) is 7.73. The first kappa shape index (κ1) is 8.91. The van der Waals surface area contributed by atoms with Crippen molar-refractivity contribution in [2.24, 2.45) is 0 Å². The van der Waals surface area contributed by atoms with E-state index in [1.54, 1.807) is 0 Å². The molecule has 0 saturated carbocycles. The molecule has 0 amide bonds. The number of rotatable bonds is 3. The highest BCUT2D eigenvalue weighted by Crippen LogP contribution is 2.18. The maximum absolute atomic E-state index is 11.1. The second-order valence-corrected chi connectivity index (χ2v) is 2.88. The first-order valence-corrected chi connectivity index (χ1v) is 4.24. The van der Waals surface area contributed by atoms with Crippen LogP contribution in [0.25, 0.3) is 0 Å². The second-order valence-electron chi connectivity index (χ2n) is 2.88. The van der Waals surface area contributed by atoms with Gasteiger partial charge in [-0.25, -0.2) is 0 Å². The molecule has 0 aromatic heterocycles. The van der Waals surface area contributed by atoms with Crippen LogP contribution in [0.2, 0.25) is 0 Å². The zero-order valence-electron chi connectivity index (χ0n) is 7.58. The molecular weight excluding hydrogens is 150 g/mol. The van der Waals surface area contributed by atoms with Crippen molar-refractivity contribution in [3.05, 3.63) is 34.7 Å². The quantitative estimate of drug-likeness (QED) is 0.629. The van der Waals surface area contributed by atoms with Gasteiger partial charge in [0.2, 0.25) is 0 Å². The lowest BCUT2D eigenvalue weighted by Crippen LogP contribution is -1.95. The molecule has 0 aliphatic carbocycles. The summed E-state index contributed by atoms with van der Waals surface area (Å²) in [6.07, 6.45) is 2.05. The zero-order valence-corrected chi connectivity index (χ0v) is 7.58. The summed E-state index contributed by atoms with van der Waals surface area (Å²) in [6.45, 7) is 2.11. The Morgan fingerprint density at radius 2 is 2.00 bits per heavy atom. The van der Waals surface area contributed by atoms with Crippen molar-refractivity contribution in [3.63, 3.8) is 0 Å². The van der Waals surface area contributed by atoms with Crippen LogP contribution in [0.5, 0.6) is 0 Å². The van der Waals surface area contributed by atoms with E-state index < -0.39 is 0 Å². The van der Waals surface area contributed by atoms with Gasteiger partial charge in [0.05, 0.1) is 0 Å². The van der Waals surface area contributed by atoms with Crippen LogP contribution in [-0.4, -0.2) is 11.8 Å². The summed E-state index contributed by atoms with van der Waals surface area (Å²) < 4.78 is 0.922. The Kier molecular flexibility index (Phi) is 2.97. The van der Waals surface area contributed by atoms with Crippen molar-refractivity contribution in [1.82, 2.24) is 0 Å². The fourth-order valence-electron chi connectivity index (χ4n) is 1.30. The smallest absolute Gasteiger partial charge is 0.0651 e. The van der Waals surface area contributed by atoms with Crippen molar-refractivity contribution in [1.29, 1.82) is 0 Å². The van der Waals surface area contributed by atoms with E-state index in [4.69, 9.17) is 0 Å². The van der Waals surface area contributed by atoms with Crippen LogP contribution in [0.3, 0.4) is 0 Å². The number of aryl methyl sites for hydroxylation is 1. The van der Waals surface area contributed by atoms with Gasteiger partial charge in [-0.1, -0.05) is 31.5 Å². The third kappa shape index (κ3) is 1.91. The molecule has 0 saturated heterocycles. The summed E-state index contributed by atoms with van der Waals surface area (Å²) >= 11 is 0. The molecule has 0 unspecified atom stereocenters. The van der Waals surface area contributed by atoms with Crippen molar-refractivity contribution >= 4 is 5.69 Å². The van der Waals surface area contributed by atoms with E-state index in [9.17, 15) is 4.91 Å². The zero-order chi connectivity index (χ0) is 8.97. The normalized spacial score (nSPS) is 9.83. The predicted octanol–water partition coefficient (Wildman–Crippen LogP) is 2.68. The van der Waals surface area contributed by atoms with E-state index in [1.165, 1.54) is 7.05 Å². The molecule has 0 heterocycles. The standard InChI is InChI=1S/C10H14NO/c1-3-6-9-7-4-5-8-10(9)11(2)12/h4-5,7-8H,3,6H2,1-2H3/q+1. The van der Waals surface area contributed by atoms with Crippen LogP contribution in [0.1, 0.15) is 18.9 Å². The number of nitroso groups, excluding NO2 is 1. The highest BCUT2D eigenvalue weighted by atomic mass is 16.3. The van der Waals surface area contributed by atoms with E-state index >= 15 is 0 Å². The lowest BCUT2D eigenvalue weighted by atomic mass is 10.1. The van der Waals surface area contributed by atoms with E-state index in [2.05, 4.69) is 6.92 Å². The monoisotopic (exact) mass is 164 g/mol. The van der Waals surface area contributed by atoms with E-state index in [-0.39, 0.29) is 0 Å². The Hall–Kier alpha value is -1.18. The molecule has 64 valence electrons. The first-order valence-electron chi connectivity index (χ1n) is 4.24. The highest BCUT2D eigenvalue weighted by molar-refractivity contribution is 5.39. The molecule has 1 aromatic rings. The summed E-state index contributed by atoms with van der Waals surface area (Å²) in [4.78, 5) is 11.1. The molecule has 1 aromatic carbocycles. The molecule has 12 heavy (non-hydrogen) atoms. The van der Waals surface area contributed by atoms with Crippen LogP contribution in [-0.2, 0) is 6.42 Å². The number of nitrogens with zero attached hydrogens (tertiary/aromatic N) is 1. The number of hydrogen-bond donors (Lipinski definition) is 0. The molecule has 0 spiro atoms. The molecule has 0 fully saturated rings. The van der Waals surface area contributed by atoms with Crippen molar-refractivity contribution in [3.8, 4) is 0 Å². The SMILES string of the molecule is CCCc1ccccc1[N+](C)=O. The van der Waals surface area contributed by atoms with Crippen molar-refractivity contribution in [2.75, 3.05) is 7.05 Å². The first-order chi connectivity index (χ1) is 5.75. The maximum Gasteiger partial charge on any atom is 0.258 e. The molecule has 0 atom stereocenters. The van der Waals surface area contributed by atoms with Gasteiger partial charge in [-0.15, -0.1) is 0 Å². The van der Waals surface area contributed by atoms with Crippen LogP contribution in [0.15, 0.2) is 24.3 Å². The van der Waals surface area contributed by atoms with Crippen LogP contribution < -0.4 is 0 Å². The van der Waals surface area contributed by atoms with Crippen molar-refractivity contribution < 1.29 is 4.76 Å². The third-order valence-corrected chi connectivity index (χ3v) is 1.85. The van der Waals surface area contributed by atoms with Gasteiger partial charge in [0.25, 0.3) is 5.69 Å².